The highest BCUT2D eigenvalue weighted by atomic mass is 19.1. The van der Waals surface area contributed by atoms with Crippen molar-refractivity contribution in [2.24, 2.45) is 0 Å². The number of hydrogen-bond donors (Lipinski definition) is 2. The molecule has 0 radical (unpaired) electrons. The Kier molecular flexibility index (Phi) is 5.07. The van der Waals surface area contributed by atoms with Crippen LogP contribution in [0.15, 0.2) is 48.5 Å². The van der Waals surface area contributed by atoms with Gasteiger partial charge in [0.1, 0.15) is 5.82 Å². The molecule has 29 heavy (non-hydrogen) atoms. The number of anilines is 1. The van der Waals surface area contributed by atoms with Gasteiger partial charge in [0.05, 0.1) is 17.3 Å². The topological polar surface area (TPSA) is 62.5 Å². The first kappa shape index (κ1) is 19.8. The summed E-state index contributed by atoms with van der Waals surface area (Å²) >= 11 is 0. The second-order valence-electron chi connectivity index (χ2n) is 8.50. The van der Waals surface area contributed by atoms with E-state index in [1.807, 2.05) is 12.1 Å². The lowest BCUT2D eigenvalue weighted by Crippen LogP contribution is -2.54. The van der Waals surface area contributed by atoms with Crippen LogP contribution in [0.4, 0.5) is 10.1 Å². The van der Waals surface area contributed by atoms with Gasteiger partial charge in [-0.3, -0.25) is 10.2 Å². The molecule has 2 N–H and O–H groups in total. The predicted molar refractivity (Wildman–Crippen MR) is 111 cm³/mol. The van der Waals surface area contributed by atoms with Gasteiger partial charge in [-0.15, -0.1) is 0 Å². The highest BCUT2D eigenvalue weighted by Crippen LogP contribution is 2.46. The smallest absolute Gasteiger partial charge is 0.184 e. The van der Waals surface area contributed by atoms with Crippen molar-refractivity contribution in [1.82, 2.24) is 10.2 Å². The molecule has 1 saturated heterocycles. The summed E-state index contributed by atoms with van der Waals surface area (Å²) < 4.78 is 14.5. The van der Waals surface area contributed by atoms with Crippen molar-refractivity contribution in [1.29, 1.82) is 5.26 Å². The maximum atomic E-state index is 14.5. The van der Waals surface area contributed by atoms with Crippen LogP contribution in [0.1, 0.15) is 36.8 Å². The normalized spacial score (nSPS) is 29.4. The van der Waals surface area contributed by atoms with Crippen molar-refractivity contribution in [2.75, 3.05) is 25.5 Å². The van der Waals surface area contributed by atoms with E-state index < -0.39 is 12.2 Å². The molecule has 2 aromatic carbocycles. The Hall–Kier alpha value is -2.46. The minimum absolute atomic E-state index is 0.0355. The number of aliphatic hydroxyl groups excluding tert-OH is 1. The summed E-state index contributed by atoms with van der Waals surface area (Å²) in [6.45, 7) is 0.537. The van der Waals surface area contributed by atoms with E-state index >= 15 is 0 Å². The largest absolute Gasteiger partial charge is 0.361 e. The van der Waals surface area contributed by atoms with Crippen LogP contribution < -0.4 is 10.2 Å². The molecule has 1 unspecified atom stereocenters. The van der Waals surface area contributed by atoms with Crippen LogP contribution in [-0.2, 0) is 5.54 Å². The molecule has 0 aromatic heterocycles. The summed E-state index contributed by atoms with van der Waals surface area (Å²) in [5, 5.41) is 22.9. The van der Waals surface area contributed by atoms with Crippen molar-refractivity contribution in [2.45, 2.75) is 43.1 Å². The minimum Gasteiger partial charge on any atom is -0.361 e. The summed E-state index contributed by atoms with van der Waals surface area (Å²) in [6.07, 6.45) is 2.72. The molecule has 5 nitrogen and oxygen atoms in total. The Bertz CT molecular complexity index is 916. The third-order valence-electron chi connectivity index (χ3n) is 6.79. The second kappa shape index (κ2) is 7.42. The van der Waals surface area contributed by atoms with E-state index in [0.717, 1.165) is 25.7 Å². The third-order valence-corrected chi connectivity index (χ3v) is 6.79. The average molecular weight is 394 g/mol. The Morgan fingerprint density at radius 1 is 1.14 bits per heavy atom. The van der Waals surface area contributed by atoms with E-state index in [1.165, 1.54) is 11.6 Å². The molecule has 1 saturated carbocycles. The number of rotatable bonds is 3. The SMILES string of the molecule is CN(C)C1(c2ccccc2)CCC2(CC1)CN(c1ccc(C#N)cc1F)C(O)N2. The lowest BCUT2D eigenvalue weighted by atomic mass is 9.69. The van der Waals surface area contributed by atoms with Gasteiger partial charge in [-0.1, -0.05) is 30.3 Å². The summed E-state index contributed by atoms with van der Waals surface area (Å²) in [6, 6.07) is 16.9. The average Bonchev–Trinajstić information content (AvgIpc) is 3.04. The maximum Gasteiger partial charge on any atom is 0.184 e. The number of nitrogens with one attached hydrogen (secondary N) is 1. The Morgan fingerprint density at radius 2 is 1.83 bits per heavy atom. The zero-order valence-electron chi connectivity index (χ0n) is 16.9. The van der Waals surface area contributed by atoms with Crippen LogP contribution in [0.5, 0.6) is 0 Å². The molecular weight excluding hydrogens is 367 g/mol. The number of nitrogens with zero attached hydrogens (tertiary/aromatic N) is 3. The fourth-order valence-electron chi connectivity index (χ4n) is 5.02. The number of hydrogen-bond acceptors (Lipinski definition) is 5. The zero-order valence-corrected chi connectivity index (χ0v) is 16.9. The van der Waals surface area contributed by atoms with Crippen molar-refractivity contribution in [3.05, 3.63) is 65.5 Å². The van der Waals surface area contributed by atoms with Crippen molar-refractivity contribution in [3.63, 3.8) is 0 Å². The summed E-state index contributed by atoms with van der Waals surface area (Å²) in [5.41, 5.74) is 1.63. The van der Waals surface area contributed by atoms with Gasteiger partial charge in [-0.05, 0) is 63.5 Å². The first-order chi connectivity index (χ1) is 13.9. The first-order valence-corrected chi connectivity index (χ1v) is 10.0. The lowest BCUT2D eigenvalue weighted by molar-refractivity contribution is 0.0513. The van der Waals surface area contributed by atoms with Gasteiger partial charge in [0, 0.05) is 17.6 Å². The first-order valence-electron chi connectivity index (χ1n) is 10.0. The third kappa shape index (κ3) is 3.40. The van der Waals surface area contributed by atoms with Gasteiger partial charge in [0.25, 0.3) is 0 Å². The van der Waals surface area contributed by atoms with E-state index in [2.05, 4.69) is 48.6 Å². The van der Waals surface area contributed by atoms with E-state index in [0.29, 0.717) is 12.2 Å². The van der Waals surface area contributed by atoms with Gasteiger partial charge >= 0.3 is 0 Å². The fourth-order valence-corrected chi connectivity index (χ4v) is 5.02. The molecule has 0 amide bonds. The van der Waals surface area contributed by atoms with E-state index in [-0.39, 0.29) is 16.6 Å². The molecular formula is C23H27FN4O. The van der Waals surface area contributed by atoms with Crippen molar-refractivity contribution < 1.29 is 9.50 Å². The monoisotopic (exact) mass is 394 g/mol. The van der Waals surface area contributed by atoms with Crippen LogP contribution in [-0.4, -0.2) is 42.5 Å². The quantitative estimate of drug-likeness (QED) is 0.837. The van der Waals surface area contributed by atoms with E-state index in [9.17, 15) is 9.50 Å². The van der Waals surface area contributed by atoms with Crippen LogP contribution in [0.2, 0.25) is 0 Å². The standard InChI is InChI=1S/C23H27FN4O/c1-27(2)23(18-6-4-3-5-7-18)12-10-22(11-13-23)16-28(21(29)26-22)20-9-8-17(15-25)14-19(20)24/h3-9,14,21,26,29H,10-13,16H2,1-2H3. The second-order valence-corrected chi connectivity index (χ2v) is 8.50. The van der Waals surface area contributed by atoms with Crippen LogP contribution in [0.3, 0.4) is 0 Å². The van der Waals surface area contributed by atoms with Crippen molar-refractivity contribution in [3.8, 4) is 6.07 Å². The molecule has 1 atom stereocenters. The lowest BCUT2D eigenvalue weighted by Gasteiger charge is -2.49. The predicted octanol–water partition coefficient (Wildman–Crippen LogP) is 3.15. The molecule has 4 rings (SSSR count). The van der Waals surface area contributed by atoms with Crippen LogP contribution in [0.25, 0.3) is 0 Å². The molecule has 0 bridgehead atoms. The Balaban J connectivity index is 1.55. The van der Waals surface area contributed by atoms with Crippen LogP contribution in [0, 0.1) is 17.1 Å². The summed E-state index contributed by atoms with van der Waals surface area (Å²) in [4.78, 5) is 3.97. The number of nitriles is 1. The molecule has 1 aliphatic carbocycles. The maximum absolute atomic E-state index is 14.5. The molecule has 1 heterocycles. The van der Waals surface area contributed by atoms with Crippen molar-refractivity contribution >= 4 is 5.69 Å². The zero-order chi connectivity index (χ0) is 20.6. The Morgan fingerprint density at radius 3 is 2.41 bits per heavy atom. The van der Waals surface area contributed by atoms with E-state index in [1.54, 1.807) is 17.0 Å². The fraction of sp³-hybridized carbons (Fsp3) is 0.435. The molecule has 2 aromatic rings. The highest BCUT2D eigenvalue weighted by Gasteiger charge is 2.50. The highest BCUT2D eigenvalue weighted by molar-refractivity contribution is 5.53. The number of benzene rings is 2. The van der Waals surface area contributed by atoms with Crippen LogP contribution >= 0.6 is 0 Å². The minimum atomic E-state index is -0.944. The molecule has 1 spiro atoms. The van der Waals surface area contributed by atoms with Gasteiger partial charge in [0.2, 0.25) is 0 Å². The van der Waals surface area contributed by atoms with Gasteiger partial charge in [-0.2, -0.15) is 5.26 Å². The molecule has 152 valence electrons. The molecule has 1 aliphatic heterocycles. The number of halogens is 1. The molecule has 2 aliphatic rings. The summed E-state index contributed by atoms with van der Waals surface area (Å²) in [7, 11) is 4.25. The van der Waals surface area contributed by atoms with Gasteiger partial charge < -0.3 is 10.0 Å². The Labute approximate surface area is 171 Å². The van der Waals surface area contributed by atoms with E-state index in [4.69, 9.17) is 5.26 Å². The van der Waals surface area contributed by atoms with Gasteiger partial charge in [0.15, 0.2) is 6.35 Å². The number of aliphatic hydroxyl groups is 1. The summed E-state index contributed by atoms with van der Waals surface area (Å²) in [5.74, 6) is -0.482. The van der Waals surface area contributed by atoms with Gasteiger partial charge in [-0.25, -0.2) is 4.39 Å². The molecule has 6 heteroatoms. The molecule has 2 fully saturated rings.